The van der Waals surface area contributed by atoms with Crippen LogP contribution in [0.2, 0.25) is 0 Å². The van der Waals surface area contributed by atoms with E-state index in [4.69, 9.17) is 4.74 Å². The van der Waals surface area contributed by atoms with Crippen molar-refractivity contribution in [1.82, 2.24) is 5.32 Å². The maximum Gasteiger partial charge on any atom is 0.227 e. The molecule has 1 saturated heterocycles. The lowest BCUT2D eigenvalue weighted by molar-refractivity contribution is -0.906. The van der Waals surface area contributed by atoms with E-state index in [0.717, 1.165) is 51.4 Å². The summed E-state index contributed by atoms with van der Waals surface area (Å²) in [5, 5.41) is 3.08. The zero-order chi connectivity index (χ0) is 14.2. The first-order valence-electron chi connectivity index (χ1n) is 7.55. The molecule has 1 unspecified atom stereocenters. The third-order valence-corrected chi connectivity index (χ3v) is 3.90. The van der Waals surface area contributed by atoms with Gasteiger partial charge in [-0.05, 0) is 12.0 Å². The highest BCUT2D eigenvalue weighted by atomic mass is 16.5. The molecule has 0 bridgehead atoms. The van der Waals surface area contributed by atoms with E-state index < -0.39 is 0 Å². The molecule has 4 heteroatoms. The number of ether oxygens (including phenoxy) is 1. The van der Waals surface area contributed by atoms with Gasteiger partial charge in [-0.3, -0.25) is 4.79 Å². The Kier molecular flexibility index (Phi) is 6.02. The fourth-order valence-corrected chi connectivity index (χ4v) is 2.65. The Bertz CT molecular complexity index is 402. The van der Waals surface area contributed by atoms with E-state index in [9.17, 15) is 4.79 Å². The second-order valence-electron chi connectivity index (χ2n) is 5.27. The number of carbonyl (C=O) groups is 1. The molecule has 20 heavy (non-hydrogen) atoms. The topological polar surface area (TPSA) is 42.8 Å². The van der Waals surface area contributed by atoms with Crippen LogP contribution >= 0.6 is 0 Å². The number of benzene rings is 1. The van der Waals surface area contributed by atoms with Crippen LogP contribution in [0.1, 0.15) is 24.8 Å². The Labute approximate surface area is 121 Å². The van der Waals surface area contributed by atoms with Crippen LogP contribution in [0.5, 0.6) is 0 Å². The summed E-state index contributed by atoms with van der Waals surface area (Å²) in [6.45, 7) is 7.57. The molecular formula is C16H25N2O2+. The van der Waals surface area contributed by atoms with Crippen LogP contribution in [0.15, 0.2) is 30.3 Å². The number of quaternary nitrogens is 1. The zero-order valence-electron chi connectivity index (χ0n) is 12.2. The molecule has 1 aliphatic rings. The molecule has 0 saturated carbocycles. The first-order valence-corrected chi connectivity index (χ1v) is 7.55. The van der Waals surface area contributed by atoms with Crippen LogP contribution < -0.4 is 10.2 Å². The standard InChI is InChI=1S/C16H24N2O2/c1-2-15(14-6-4-3-5-7-14)16(19)17-8-9-18-10-12-20-13-11-18/h3-7,15H,2,8-13H2,1H3,(H,17,19)/p+1. The van der Waals surface area contributed by atoms with Gasteiger partial charge in [0.1, 0.15) is 13.1 Å². The van der Waals surface area contributed by atoms with Crippen molar-refractivity contribution >= 4 is 5.91 Å². The Balaban J connectivity index is 1.78. The average Bonchev–Trinajstić information content (AvgIpc) is 2.50. The van der Waals surface area contributed by atoms with E-state index in [1.165, 1.54) is 4.90 Å². The van der Waals surface area contributed by atoms with E-state index in [0.29, 0.717) is 0 Å². The third-order valence-electron chi connectivity index (χ3n) is 3.90. The summed E-state index contributed by atoms with van der Waals surface area (Å²) < 4.78 is 5.33. The normalized spacial score (nSPS) is 17.6. The molecule has 1 amide bonds. The van der Waals surface area contributed by atoms with E-state index >= 15 is 0 Å². The molecule has 1 aliphatic heterocycles. The molecule has 110 valence electrons. The molecule has 1 aromatic carbocycles. The number of nitrogens with one attached hydrogen (secondary N) is 2. The van der Waals surface area contributed by atoms with Gasteiger partial charge in [0.15, 0.2) is 0 Å². The van der Waals surface area contributed by atoms with Crippen LogP contribution in [0.25, 0.3) is 0 Å². The summed E-state index contributed by atoms with van der Waals surface area (Å²) in [5.41, 5.74) is 1.10. The van der Waals surface area contributed by atoms with Crippen molar-refractivity contribution < 1.29 is 14.4 Å². The number of amides is 1. The van der Waals surface area contributed by atoms with Gasteiger partial charge in [-0.15, -0.1) is 0 Å². The number of hydrogen-bond acceptors (Lipinski definition) is 2. The molecule has 0 aromatic heterocycles. The number of carbonyl (C=O) groups excluding carboxylic acids is 1. The summed E-state index contributed by atoms with van der Waals surface area (Å²) in [6, 6.07) is 10.0. The van der Waals surface area contributed by atoms with Crippen molar-refractivity contribution in [3.8, 4) is 0 Å². The molecule has 1 atom stereocenters. The highest BCUT2D eigenvalue weighted by molar-refractivity contribution is 5.83. The highest BCUT2D eigenvalue weighted by Crippen LogP contribution is 2.18. The molecule has 0 spiro atoms. The van der Waals surface area contributed by atoms with Crippen LogP contribution in [0.3, 0.4) is 0 Å². The van der Waals surface area contributed by atoms with Gasteiger partial charge in [-0.2, -0.15) is 0 Å². The van der Waals surface area contributed by atoms with Crippen LogP contribution in [0.4, 0.5) is 0 Å². The number of rotatable bonds is 6. The molecule has 0 radical (unpaired) electrons. The lowest BCUT2D eigenvalue weighted by atomic mass is 9.96. The van der Waals surface area contributed by atoms with Gasteiger partial charge in [-0.1, -0.05) is 37.3 Å². The quantitative estimate of drug-likeness (QED) is 0.781. The largest absolute Gasteiger partial charge is 0.370 e. The van der Waals surface area contributed by atoms with Crippen molar-refractivity contribution in [2.24, 2.45) is 0 Å². The summed E-state index contributed by atoms with van der Waals surface area (Å²) >= 11 is 0. The monoisotopic (exact) mass is 277 g/mol. The maximum atomic E-state index is 12.3. The Morgan fingerprint density at radius 2 is 2.00 bits per heavy atom. The molecule has 0 aliphatic carbocycles. The van der Waals surface area contributed by atoms with Gasteiger partial charge in [0.2, 0.25) is 5.91 Å². The first kappa shape index (κ1) is 15.0. The van der Waals surface area contributed by atoms with Gasteiger partial charge in [-0.25, -0.2) is 0 Å². The predicted octanol–water partition coefficient (Wildman–Crippen LogP) is 0.212. The van der Waals surface area contributed by atoms with Crippen molar-refractivity contribution in [3.05, 3.63) is 35.9 Å². The van der Waals surface area contributed by atoms with Crippen LogP contribution in [0, 0.1) is 0 Å². The van der Waals surface area contributed by atoms with Gasteiger partial charge in [0.05, 0.1) is 32.2 Å². The molecule has 1 fully saturated rings. The zero-order valence-corrected chi connectivity index (χ0v) is 12.2. The third kappa shape index (κ3) is 4.32. The molecule has 2 rings (SSSR count). The van der Waals surface area contributed by atoms with Crippen molar-refractivity contribution in [2.75, 3.05) is 39.4 Å². The highest BCUT2D eigenvalue weighted by Gasteiger charge is 2.19. The minimum Gasteiger partial charge on any atom is -0.370 e. The smallest absolute Gasteiger partial charge is 0.227 e. The van der Waals surface area contributed by atoms with E-state index in [1.807, 2.05) is 30.3 Å². The lowest BCUT2D eigenvalue weighted by Crippen LogP contribution is -3.14. The van der Waals surface area contributed by atoms with Crippen LogP contribution in [-0.2, 0) is 9.53 Å². The lowest BCUT2D eigenvalue weighted by Gasteiger charge is -2.24. The average molecular weight is 277 g/mol. The Morgan fingerprint density at radius 3 is 2.65 bits per heavy atom. The second kappa shape index (κ2) is 8.02. The minimum atomic E-state index is -0.0316. The van der Waals surface area contributed by atoms with Gasteiger partial charge < -0.3 is 15.0 Å². The summed E-state index contributed by atoms with van der Waals surface area (Å²) in [7, 11) is 0. The van der Waals surface area contributed by atoms with Gasteiger partial charge in [0.25, 0.3) is 0 Å². The second-order valence-corrected chi connectivity index (χ2v) is 5.27. The van der Waals surface area contributed by atoms with Crippen molar-refractivity contribution in [2.45, 2.75) is 19.3 Å². The molecular weight excluding hydrogens is 252 g/mol. The first-order chi connectivity index (χ1) is 9.81. The molecule has 2 N–H and O–H groups in total. The SMILES string of the molecule is CCC(C(=O)NCC[NH+]1CCOCC1)c1ccccc1. The number of hydrogen-bond donors (Lipinski definition) is 2. The molecule has 4 nitrogen and oxygen atoms in total. The fraction of sp³-hybridized carbons (Fsp3) is 0.562. The Hall–Kier alpha value is -1.39. The summed E-state index contributed by atoms with van der Waals surface area (Å²) in [4.78, 5) is 13.8. The number of morpholine rings is 1. The fourth-order valence-electron chi connectivity index (χ4n) is 2.65. The molecule has 1 heterocycles. The van der Waals surface area contributed by atoms with Crippen molar-refractivity contribution in [3.63, 3.8) is 0 Å². The summed E-state index contributed by atoms with van der Waals surface area (Å²) in [5.74, 6) is 0.113. The Morgan fingerprint density at radius 1 is 1.30 bits per heavy atom. The maximum absolute atomic E-state index is 12.3. The molecule has 1 aromatic rings. The van der Waals surface area contributed by atoms with E-state index in [-0.39, 0.29) is 11.8 Å². The van der Waals surface area contributed by atoms with E-state index in [1.54, 1.807) is 0 Å². The van der Waals surface area contributed by atoms with Crippen molar-refractivity contribution in [1.29, 1.82) is 0 Å². The van der Waals surface area contributed by atoms with Gasteiger partial charge >= 0.3 is 0 Å². The summed E-state index contributed by atoms with van der Waals surface area (Å²) in [6.07, 6.45) is 0.834. The van der Waals surface area contributed by atoms with Gasteiger partial charge in [0, 0.05) is 0 Å². The van der Waals surface area contributed by atoms with Crippen LogP contribution in [-0.4, -0.2) is 45.3 Å². The van der Waals surface area contributed by atoms with E-state index in [2.05, 4.69) is 12.2 Å². The predicted molar refractivity (Wildman–Crippen MR) is 78.9 cm³/mol. The minimum absolute atomic E-state index is 0.0316.